The number of aromatic nitrogens is 5. The predicted octanol–water partition coefficient (Wildman–Crippen LogP) is 4.35. The van der Waals surface area contributed by atoms with E-state index in [0.29, 0.717) is 33.8 Å². The molecule has 0 radical (unpaired) electrons. The second-order valence-electron chi connectivity index (χ2n) is 8.15. The first-order valence-corrected chi connectivity index (χ1v) is 10.9. The number of halogens is 3. The summed E-state index contributed by atoms with van der Waals surface area (Å²) in [4.78, 5) is 29.8. The number of alkyl halides is 3. The highest BCUT2D eigenvalue weighted by Gasteiger charge is 2.38. The number of anilines is 2. The van der Waals surface area contributed by atoms with E-state index in [4.69, 9.17) is 0 Å². The maximum atomic E-state index is 13.6. The second kappa shape index (κ2) is 8.53. The van der Waals surface area contributed by atoms with E-state index in [1.165, 1.54) is 6.20 Å². The highest BCUT2D eigenvalue weighted by Crippen LogP contribution is 2.41. The molecule has 3 aromatic heterocycles. The topological polar surface area (TPSA) is 106 Å². The molecule has 1 fully saturated rings. The highest BCUT2D eigenvalue weighted by molar-refractivity contribution is 6.08. The van der Waals surface area contributed by atoms with Crippen LogP contribution in [-0.2, 0) is 12.7 Å². The summed E-state index contributed by atoms with van der Waals surface area (Å²) >= 11 is 0. The minimum Gasteiger partial charge on any atom is -0.322 e. The lowest BCUT2D eigenvalue weighted by Crippen LogP contribution is -2.18. The van der Waals surface area contributed by atoms with Gasteiger partial charge in [0, 0.05) is 35.7 Å². The molecule has 1 aliphatic rings. The van der Waals surface area contributed by atoms with Crippen LogP contribution in [0.25, 0.3) is 5.65 Å². The van der Waals surface area contributed by atoms with Gasteiger partial charge in [0.15, 0.2) is 5.65 Å². The van der Waals surface area contributed by atoms with Gasteiger partial charge in [0.05, 0.1) is 6.20 Å². The van der Waals surface area contributed by atoms with Gasteiger partial charge < -0.3 is 10.6 Å². The van der Waals surface area contributed by atoms with E-state index in [1.807, 2.05) is 6.92 Å². The zero-order chi connectivity index (χ0) is 24.7. The van der Waals surface area contributed by atoms with E-state index in [-0.39, 0.29) is 23.0 Å². The van der Waals surface area contributed by atoms with Crippen LogP contribution >= 0.6 is 0 Å². The molecule has 180 valence electrons. The molecule has 0 bridgehead atoms. The van der Waals surface area contributed by atoms with Crippen molar-refractivity contribution in [1.29, 1.82) is 0 Å². The molecule has 2 amide bonds. The van der Waals surface area contributed by atoms with Gasteiger partial charge in [-0.15, -0.1) is 0 Å². The fourth-order valence-corrected chi connectivity index (χ4v) is 3.78. The first kappa shape index (κ1) is 22.6. The number of nitrogens with one attached hydrogen (secondary N) is 2. The number of fused-ring (bicyclic) bond motifs is 1. The number of benzene rings is 1. The molecule has 0 saturated heterocycles. The van der Waals surface area contributed by atoms with Crippen LogP contribution in [0, 0.1) is 0 Å². The third-order valence-electron chi connectivity index (χ3n) is 5.65. The number of hydrogen-bond donors (Lipinski definition) is 2. The van der Waals surface area contributed by atoms with Crippen molar-refractivity contribution in [3.63, 3.8) is 0 Å². The van der Waals surface area contributed by atoms with Crippen molar-refractivity contribution in [2.45, 2.75) is 38.4 Å². The number of carbonyl (C=O) groups excluding carboxylic acids is 2. The number of hydrogen-bond acceptors (Lipinski definition) is 5. The zero-order valence-electron chi connectivity index (χ0n) is 18.5. The van der Waals surface area contributed by atoms with E-state index in [0.717, 1.165) is 25.1 Å². The molecule has 0 atom stereocenters. The first-order chi connectivity index (χ1) is 16.7. The van der Waals surface area contributed by atoms with Crippen LogP contribution < -0.4 is 10.6 Å². The lowest BCUT2D eigenvalue weighted by atomic mass is 10.2. The largest absolute Gasteiger partial charge is 0.433 e. The van der Waals surface area contributed by atoms with Gasteiger partial charge in [-0.2, -0.15) is 23.4 Å². The number of amides is 2. The van der Waals surface area contributed by atoms with Gasteiger partial charge in [-0.1, -0.05) is 6.07 Å². The summed E-state index contributed by atoms with van der Waals surface area (Å²) in [5.41, 5.74) is 0.229. The highest BCUT2D eigenvalue weighted by atomic mass is 19.4. The molecule has 0 unspecified atom stereocenters. The first-order valence-electron chi connectivity index (χ1n) is 10.9. The molecule has 0 spiro atoms. The third-order valence-corrected chi connectivity index (χ3v) is 5.65. The fraction of sp³-hybridized carbons (Fsp3) is 0.261. The number of aryl methyl sites for hydroxylation is 1. The van der Waals surface area contributed by atoms with Crippen LogP contribution in [0.5, 0.6) is 0 Å². The van der Waals surface area contributed by atoms with Crippen molar-refractivity contribution in [1.82, 2.24) is 24.4 Å². The molecule has 5 rings (SSSR count). The quantitative estimate of drug-likeness (QED) is 0.424. The molecular weight excluding hydrogens is 463 g/mol. The third kappa shape index (κ3) is 4.46. The van der Waals surface area contributed by atoms with Gasteiger partial charge in [0.2, 0.25) is 0 Å². The molecule has 9 nitrogen and oxygen atoms in total. The zero-order valence-corrected chi connectivity index (χ0v) is 18.5. The van der Waals surface area contributed by atoms with E-state index >= 15 is 0 Å². The summed E-state index contributed by atoms with van der Waals surface area (Å²) in [6.07, 6.45) is -0.537. The summed E-state index contributed by atoms with van der Waals surface area (Å²) in [6.45, 7) is 2.39. The SMILES string of the molecule is CCn1nccc1C(=O)Nc1cccc(NC(=O)c2cnn3c(C(F)(F)F)cc(C4CC4)nc23)c1. The van der Waals surface area contributed by atoms with Crippen molar-refractivity contribution >= 4 is 28.8 Å². The molecule has 1 saturated carbocycles. The van der Waals surface area contributed by atoms with Crippen LogP contribution in [0.1, 0.15) is 57.9 Å². The number of rotatable bonds is 6. The van der Waals surface area contributed by atoms with Crippen LogP contribution in [-0.4, -0.2) is 36.2 Å². The Hall–Kier alpha value is -4.22. The van der Waals surface area contributed by atoms with E-state index < -0.39 is 17.8 Å². The molecule has 0 aliphatic heterocycles. The minimum atomic E-state index is -4.65. The van der Waals surface area contributed by atoms with Gasteiger partial charge in [0.25, 0.3) is 11.8 Å². The molecule has 2 N–H and O–H groups in total. The van der Waals surface area contributed by atoms with Crippen LogP contribution in [0.2, 0.25) is 0 Å². The Balaban J connectivity index is 1.40. The van der Waals surface area contributed by atoms with E-state index in [2.05, 4.69) is 25.8 Å². The smallest absolute Gasteiger partial charge is 0.322 e. The maximum Gasteiger partial charge on any atom is 0.433 e. The summed E-state index contributed by atoms with van der Waals surface area (Å²) < 4.78 is 43.0. The van der Waals surface area contributed by atoms with Gasteiger partial charge in [0.1, 0.15) is 17.0 Å². The average molecular weight is 483 g/mol. The molecule has 12 heteroatoms. The molecule has 1 aliphatic carbocycles. The normalized spacial score (nSPS) is 13.7. The minimum absolute atomic E-state index is 0.0452. The van der Waals surface area contributed by atoms with E-state index in [1.54, 1.807) is 35.0 Å². The second-order valence-corrected chi connectivity index (χ2v) is 8.15. The Morgan fingerprint density at radius 2 is 1.77 bits per heavy atom. The van der Waals surface area contributed by atoms with Gasteiger partial charge >= 0.3 is 6.18 Å². The van der Waals surface area contributed by atoms with Crippen LogP contribution in [0.15, 0.2) is 48.8 Å². The lowest BCUT2D eigenvalue weighted by Gasteiger charge is -2.11. The summed E-state index contributed by atoms with van der Waals surface area (Å²) in [5.74, 6) is -1.08. The Labute approximate surface area is 197 Å². The molecule has 1 aromatic carbocycles. The van der Waals surface area contributed by atoms with Crippen LogP contribution in [0.4, 0.5) is 24.5 Å². The van der Waals surface area contributed by atoms with Gasteiger partial charge in [-0.05, 0) is 50.1 Å². The Morgan fingerprint density at radius 1 is 1.06 bits per heavy atom. The Bertz CT molecular complexity index is 1440. The average Bonchev–Trinajstić information content (AvgIpc) is 3.39. The number of carbonyl (C=O) groups is 2. The Kier molecular flexibility index (Phi) is 5.50. The van der Waals surface area contributed by atoms with Crippen molar-refractivity contribution in [2.75, 3.05) is 10.6 Å². The van der Waals surface area contributed by atoms with Crippen LogP contribution in [0.3, 0.4) is 0 Å². The molecule has 3 heterocycles. The number of nitrogens with zero attached hydrogens (tertiary/aromatic N) is 5. The van der Waals surface area contributed by atoms with Gasteiger partial charge in [-0.25, -0.2) is 9.50 Å². The van der Waals surface area contributed by atoms with Gasteiger partial charge in [-0.3, -0.25) is 14.3 Å². The summed E-state index contributed by atoms with van der Waals surface area (Å²) in [6, 6.07) is 9.00. The fourth-order valence-electron chi connectivity index (χ4n) is 3.78. The Morgan fingerprint density at radius 3 is 2.43 bits per heavy atom. The van der Waals surface area contributed by atoms with Crippen molar-refractivity contribution in [3.8, 4) is 0 Å². The van der Waals surface area contributed by atoms with E-state index in [9.17, 15) is 22.8 Å². The molecule has 35 heavy (non-hydrogen) atoms. The predicted molar refractivity (Wildman–Crippen MR) is 120 cm³/mol. The lowest BCUT2D eigenvalue weighted by molar-refractivity contribution is -0.142. The van der Waals surface area contributed by atoms with Crippen molar-refractivity contribution in [2.24, 2.45) is 0 Å². The molecule has 4 aromatic rings. The maximum absolute atomic E-state index is 13.6. The monoisotopic (exact) mass is 483 g/mol. The molecular formula is C23H20F3N7O2. The van der Waals surface area contributed by atoms with Crippen molar-refractivity contribution in [3.05, 3.63) is 71.4 Å². The standard InChI is InChI=1S/C23H20F3N7O2/c1-2-32-18(8-9-27-32)22(35)30-15-5-3-4-14(10-15)29-21(34)16-12-28-33-19(23(24,25)26)11-17(13-6-7-13)31-20(16)33/h3-5,8-13H,2,6-7H2,1H3,(H,29,34)(H,30,35). The van der Waals surface area contributed by atoms with Crippen molar-refractivity contribution < 1.29 is 22.8 Å². The summed E-state index contributed by atoms with van der Waals surface area (Å²) in [5, 5.41) is 13.2. The summed E-state index contributed by atoms with van der Waals surface area (Å²) in [7, 11) is 0.